The Morgan fingerprint density at radius 1 is 1.29 bits per heavy atom. The molecule has 1 saturated carbocycles. The Morgan fingerprint density at radius 3 is 2.59 bits per heavy atom. The molecule has 0 aromatic heterocycles. The molecule has 92 valence electrons. The second kappa shape index (κ2) is 5.54. The standard InChI is InChI=1S/C14H17ClO2/c1-17-11-7-8-12(13(15)9-11)14(16)10-5-3-2-4-6-10/h7-10H,2-6H2,1H3. The Hall–Kier alpha value is -1.02. The lowest BCUT2D eigenvalue weighted by Crippen LogP contribution is -2.18. The van der Waals surface area contributed by atoms with Crippen molar-refractivity contribution in [3.63, 3.8) is 0 Å². The van der Waals surface area contributed by atoms with Gasteiger partial charge in [-0.3, -0.25) is 4.79 Å². The smallest absolute Gasteiger partial charge is 0.167 e. The van der Waals surface area contributed by atoms with Gasteiger partial charge in [0.2, 0.25) is 0 Å². The number of benzene rings is 1. The fraction of sp³-hybridized carbons (Fsp3) is 0.500. The van der Waals surface area contributed by atoms with E-state index in [2.05, 4.69) is 0 Å². The Balaban J connectivity index is 2.18. The summed E-state index contributed by atoms with van der Waals surface area (Å²) in [6, 6.07) is 5.28. The lowest BCUT2D eigenvalue weighted by atomic mass is 9.84. The van der Waals surface area contributed by atoms with E-state index < -0.39 is 0 Å². The summed E-state index contributed by atoms with van der Waals surface area (Å²) in [7, 11) is 1.59. The van der Waals surface area contributed by atoms with Crippen molar-refractivity contribution in [2.45, 2.75) is 32.1 Å². The molecule has 1 aromatic carbocycles. The molecule has 0 radical (unpaired) electrons. The Bertz CT molecular complexity index is 409. The first kappa shape index (κ1) is 12.4. The van der Waals surface area contributed by atoms with E-state index in [1.807, 2.05) is 0 Å². The molecule has 0 amide bonds. The number of carbonyl (C=O) groups is 1. The van der Waals surface area contributed by atoms with Gasteiger partial charge in [-0.1, -0.05) is 30.9 Å². The minimum atomic E-state index is 0.162. The van der Waals surface area contributed by atoms with Crippen LogP contribution in [0.3, 0.4) is 0 Å². The number of halogens is 1. The summed E-state index contributed by atoms with van der Waals surface area (Å²) >= 11 is 6.12. The number of rotatable bonds is 3. The zero-order valence-electron chi connectivity index (χ0n) is 10.0. The minimum absolute atomic E-state index is 0.162. The predicted molar refractivity (Wildman–Crippen MR) is 68.9 cm³/mol. The van der Waals surface area contributed by atoms with Gasteiger partial charge >= 0.3 is 0 Å². The molecule has 2 rings (SSSR count). The molecule has 17 heavy (non-hydrogen) atoms. The molecule has 1 aliphatic rings. The highest BCUT2D eigenvalue weighted by molar-refractivity contribution is 6.34. The maximum Gasteiger partial charge on any atom is 0.167 e. The first-order valence-electron chi connectivity index (χ1n) is 6.10. The topological polar surface area (TPSA) is 26.3 Å². The Morgan fingerprint density at radius 2 is 2.00 bits per heavy atom. The lowest BCUT2D eigenvalue weighted by Gasteiger charge is -2.20. The molecule has 1 aromatic rings. The van der Waals surface area contributed by atoms with Crippen LogP contribution in [0.5, 0.6) is 5.75 Å². The van der Waals surface area contributed by atoms with Gasteiger partial charge in [-0.05, 0) is 31.0 Å². The number of methoxy groups -OCH3 is 1. The molecule has 0 unspecified atom stereocenters. The quantitative estimate of drug-likeness (QED) is 0.757. The van der Waals surface area contributed by atoms with Crippen LogP contribution < -0.4 is 4.74 Å². The highest BCUT2D eigenvalue weighted by atomic mass is 35.5. The third kappa shape index (κ3) is 2.81. The van der Waals surface area contributed by atoms with E-state index in [4.69, 9.17) is 16.3 Å². The molecule has 1 fully saturated rings. The average Bonchev–Trinajstić information content (AvgIpc) is 2.39. The Kier molecular flexibility index (Phi) is 4.06. The van der Waals surface area contributed by atoms with Crippen LogP contribution in [0.25, 0.3) is 0 Å². The van der Waals surface area contributed by atoms with Crippen molar-refractivity contribution < 1.29 is 9.53 Å². The van der Waals surface area contributed by atoms with E-state index >= 15 is 0 Å². The van der Waals surface area contributed by atoms with Gasteiger partial charge in [-0.2, -0.15) is 0 Å². The number of ketones is 1. The average molecular weight is 253 g/mol. The van der Waals surface area contributed by atoms with Crippen LogP contribution in [0.2, 0.25) is 5.02 Å². The number of hydrogen-bond donors (Lipinski definition) is 0. The number of carbonyl (C=O) groups excluding carboxylic acids is 1. The Labute approximate surface area is 107 Å². The van der Waals surface area contributed by atoms with Crippen LogP contribution in [-0.4, -0.2) is 12.9 Å². The zero-order valence-corrected chi connectivity index (χ0v) is 10.8. The summed E-state index contributed by atoms with van der Waals surface area (Å²) in [4.78, 5) is 12.3. The molecule has 0 saturated heterocycles. The van der Waals surface area contributed by atoms with E-state index in [0.29, 0.717) is 16.3 Å². The summed E-state index contributed by atoms with van der Waals surface area (Å²) in [5.41, 5.74) is 0.638. The summed E-state index contributed by atoms with van der Waals surface area (Å²) in [6.45, 7) is 0. The van der Waals surface area contributed by atoms with Crippen molar-refractivity contribution in [2.75, 3.05) is 7.11 Å². The zero-order chi connectivity index (χ0) is 12.3. The van der Waals surface area contributed by atoms with Gasteiger partial charge in [-0.15, -0.1) is 0 Å². The van der Waals surface area contributed by atoms with E-state index in [0.717, 1.165) is 25.7 Å². The van der Waals surface area contributed by atoms with E-state index in [1.54, 1.807) is 25.3 Å². The van der Waals surface area contributed by atoms with Crippen molar-refractivity contribution in [3.8, 4) is 5.75 Å². The summed E-state index contributed by atoms with van der Waals surface area (Å²) in [5.74, 6) is 1.04. The molecule has 2 nitrogen and oxygen atoms in total. The normalized spacial score (nSPS) is 16.8. The second-order valence-corrected chi connectivity index (χ2v) is 4.95. The van der Waals surface area contributed by atoms with Crippen LogP contribution in [0.4, 0.5) is 0 Å². The molecule has 0 N–H and O–H groups in total. The molecule has 0 bridgehead atoms. The minimum Gasteiger partial charge on any atom is -0.497 e. The molecule has 0 aliphatic heterocycles. The molecule has 1 aliphatic carbocycles. The van der Waals surface area contributed by atoms with Crippen LogP contribution in [0.1, 0.15) is 42.5 Å². The van der Waals surface area contributed by atoms with Crippen molar-refractivity contribution in [1.29, 1.82) is 0 Å². The van der Waals surface area contributed by atoms with Crippen molar-refractivity contribution >= 4 is 17.4 Å². The van der Waals surface area contributed by atoms with Crippen LogP contribution >= 0.6 is 11.6 Å². The van der Waals surface area contributed by atoms with Gasteiger partial charge in [0, 0.05) is 11.5 Å². The largest absolute Gasteiger partial charge is 0.497 e. The predicted octanol–water partition coefficient (Wildman–Crippen LogP) is 4.11. The maximum atomic E-state index is 12.3. The van der Waals surface area contributed by atoms with Crippen LogP contribution in [-0.2, 0) is 0 Å². The third-order valence-electron chi connectivity index (χ3n) is 3.42. The van der Waals surface area contributed by atoms with Crippen molar-refractivity contribution in [1.82, 2.24) is 0 Å². The SMILES string of the molecule is COc1ccc(C(=O)C2CCCCC2)c(Cl)c1. The number of ether oxygens (including phenoxy) is 1. The third-order valence-corrected chi connectivity index (χ3v) is 3.73. The van der Waals surface area contributed by atoms with Gasteiger partial charge in [-0.25, -0.2) is 0 Å². The maximum absolute atomic E-state index is 12.3. The van der Waals surface area contributed by atoms with E-state index in [9.17, 15) is 4.79 Å². The summed E-state index contributed by atoms with van der Waals surface area (Å²) in [5, 5.41) is 0.500. The first-order valence-corrected chi connectivity index (χ1v) is 6.48. The fourth-order valence-corrected chi connectivity index (χ4v) is 2.67. The second-order valence-electron chi connectivity index (χ2n) is 4.54. The monoisotopic (exact) mass is 252 g/mol. The molecule has 3 heteroatoms. The number of hydrogen-bond acceptors (Lipinski definition) is 2. The molecular formula is C14H17ClO2. The first-order chi connectivity index (χ1) is 8.22. The van der Waals surface area contributed by atoms with Gasteiger partial charge in [0.25, 0.3) is 0 Å². The lowest BCUT2D eigenvalue weighted by molar-refractivity contribution is 0.0889. The molecular weight excluding hydrogens is 236 g/mol. The van der Waals surface area contributed by atoms with Crippen LogP contribution in [0, 0.1) is 5.92 Å². The fourth-order valence-electron chi connectivity index (χ4n) is 2.41. The van der Waals surface area contributed by atoms with Crippen molar-refractivity contribution in [2.24, 2.45) is 5.92 Å². The summed E-state index contributed by atoms with van der Waals surface area (Å²) < 4.78 is 5.08. The summed E-state index contributed by atoms with van der Waals surface area (Å²) in [6.07, 6.45) is 5.57. The van der Waals surface area contributed by atoms with E-state index in [1.165, 1.54) is 6.42 Å². The molecule has 0 heterocycles. The van der Waals surface area contributed by atoms with Gasteiger partial charge < -0.3 is 4.74 Å². The highest BCUT2D eigenvalue weighted by Crippen LogP contribution is 2.30. The van der Waals surface area contributed by atoms with Gasteiger partial charge in [0.1, 0.15) is 5.75 Å². The van der Waals surface area contributed by atoms with E-state index in [-0.39, 0.29) is 11.7 Å². The highest BCUT2D eigenvalue weighted by Gasteiger charge is 2.23. The van der Waals surface area contributed by atoms with Gasteiger partial charge in [0.15, 0.2) is 5.78 Å². The number of Topliss-reactive ketones (excluding diaryl/α,β-unsaturated/α-hetero) is 1. The molecule has 0 atom stereocenters. The van der Waals surface area contributed by atoms with Crippen molar-refractivity contribution in [3.05, 3.63) is 28.8 Å². The van der Waals surface area contributed by atoms with Crippen LogP contribution in [0.15, 0.2) is 18.2 Å². The molecule has 0 spiro atoms. The van der Waals surface area contributed by atoms with Gasteiger partial charge in [0.05, 0.1) is 12.1 Å².